The standard InChI is InChI=1S/C14H10FN3O2S/c1-18-7-10(13(20)17-14-16-4-5-21-14)12(19)9-6-8(15)2-3-11(9)18/h2-7H,1H3,(H,16,17,20). The van der Waals surface area contributed by atoms with E-state index >= 15 is 0 Å². The molecule has 0 fully saturated rings. The number of halogens is 1. The molecule has 0 spiro atoms. The van der Waals surface area contributed by atoms with Gasteiger partial charge in [-0.2, -0.15) is 0 Å². The van der Waals surface area contributed by atoms with E-state index in [0.717, 1.165) is 6.07 Å². The third-order valence-corrected chi connectivity index (χ3v) is 3.74. The number of hydrogen-bond acceptors (Lipinski definition) is 4. The normalized spacial score (nSPS) is 10.8. The lowest BCUT2D eigenvalue weighted by atomic mass is 10.1. The summed E-state index contributed by atoms with van der Waals surface area (Å²) in [5.41, 5.74) is 0.00894. The fourth-order valence-electron chi connectivity index (χ4n) is 2.08. The van der Waals surface area contributed by atoms with Gasteiger partial charge in [-0.25, -0.2) is 9.37 Å². The molecule has 3 aromatic rings. The Hall–Kier alpha value is -2.54. The van der Waals surface area contributed by atoms with Crippen LogP contribution in [0.2, 0.25) is 0 Å². The summed E-state index contributed by atoms with van der Waals surface area (Å²) in [5, 5.41) is 4.83. The molecule has 0 saturated heterocycles. The zero-order valence-electron chi connectivity index (χ0n) is 11.0. The minimum atomic E-state index is -0.559. The van der Waals surface area contributed by atoms with Gasteiger partial charge in [0, 0.05) is 30.2 Å². The molecule has 0 aliphatic carbocycles. The summed E-state index contributed by atoms with van der Waals surface area (Å²) in [7, 11) is 1.69. The van der Waals surface area contributed by atoms with Gasteiger partial charge in [0.25, 0.3) is 5.91 Å². The number of rotatable bonds is 2. The van der Waals surface area contributed by atoms with Crippen LogP contribution in [-0.2, 0) is 7.05 Å². The number of anilines is 1. The van der Waals surface area contributed by atoms with E-state index in [1.807, 2.05) is 0 Å². The molecule has 2 aromatic heterocycles. The number of nitrogens with zero attached hydrogens (tertiary/aromatic N) is 2. The molecule has 106 valence electrons. The third kappa shape index (κ3) is 2.43. The molecule has 5 nitrogen and oxygen atoms in total. The molecule has 7 heteroatoms. The predicted molar refractivity (Wildman–Crippen MR) is 79.2 cm³/mol. The minimum absolute atomic E-state index is 0.0502. The summed E-state index contributed by atoms with van der Waals surface area (Å²) < 4.78 is 14.9. The van der Waals surface area contributed by atoms with E-state index < -0.39 is 17.2 Å². The molecular weight excluding hydrogens is 293 g/mol. The van der Waals surface area contributed by atoms with Gasteiger partial charge in [-0.1, -0.05) is 0 Å². The number of hydrogen-bond donors (Lipinski definition) is 1. The lowest BCUT2D eigenvalue weighted by molar-refractivity contribution is 0.102. The van der Waals surface area contributed by atoms with E-state index in [4.69, 9.17) is 0 Å². The summed E-state index contributed by atoms with van der Waals surface area (Å²) in [5.74, 6) is -1.08. The molecule has 0 radical (unpaired) electrons. The zero-order chi connectivity index (χ0) is 15.0. The van der Waals surface area contributed by atoms with Crippen molar-refractivity contribution < 1.29 is 9.18 Å². The summed E-state index contributed by atoms with van der Waals surface area (Å²) >= 11 is 1.25. The monoisotopic (exact) mass is 303 g/mol. The second-order valence-electron chi connectivity index (χ2n) is 4.44. The van der Waals surface area contributed by atoms with E-state index in [9.17, 15) is 14.0 Å². The van der Waals surface area contributed by atoms with Gasteiger partial charge in [-0.05, 0) is 18.2 Å². The molecule has 21 heavy (non-hydrogen) atoms. The highest BCUT2D eigenvalue weighted by atomic mass is 32.1. The lowest BCUT2D eigenvalue weighted by Gasteiger charge is -2.08. The van der Waals surface area contributed by atoms with Crippen LogP contribution in [0, 0.1) is 5.82 Å². The first-order valence-electron chi connectivity index (χ1n) is 6.06. The molecule has 1 amide bonds. The number of benzene rings is 1. The number of fused-ring (bicyclic) bond motifs is 1. The second-order valence-corrected chi connectivity index (χ2v) is 5.33. The first-order chi connectivity index (χ1) is 10.1. The van der Waals surface area contributed by atoms with Crippen molar-refractivity contribution in [3.63, 3.8) is 0 Å². The van der Waals surface area contributed by atoms with Gasteiger partial charge in [0.15, 0.2) is 5.13 Å². The third-order valence-electron chi connectivity index (χ3n) is 3.05. The Morgan fingerprint density at radius 3 is 2.95 bits per heavy atom. The topological polar surface area (TPSA) is 64.0 Å². The second kappa shape index (κ2) is 5.10. The van der Waals surface area contributed by atoms with E-state index in [1.54, 1.807) is 23.2 Å². The van der Waals surface area contributed by atoms with Gasteiger partial charge >= 0.3 is 0 Å². The molecule has 3 rings (SSSR count). The van der Waals surface area contributed by atoms with Crippen molar-refractivity contribution in [1.82, 2.24) is 9.55 Å². The number of pyridine rings is 1. The summed E-state index contributed by atoms with van der Waals surface area (Å²) in [4.78, 5) is 28.4. The number of nitrogens with one attached hydrogen (secondary N) is 1. The van der Waals surface area contributed by atoms with Gasteiger partial charge in [-0.15, -0.1) is 11.3 Å². The first-order valence-corrected chi connectivity index (χ1v) is 6.94. The van der Waals surface area contributed by atoms with E-state index in [0.29, 0.717) is 10.6 Å². The van der Waals surface area contributed by atoms with Crippen LogP contribution >= 0.6 is 11.3 Å². The van der Waals surface area contributed by atoms with Crippen molar-refractivity contribution in [2.75, 3.05) is 5.32 Å². The van der Waals surface area contributed by atoms with Crippen LogP contribution in [0.1, 0.15) is 10.4 Å². The molecule has 0 bridgehead atoms. The van der Waals surface area contributed by atoms with Crippen molar-refractivity contribution in [3.8, 4) is 0 Å². The quantitative estimate of drug-likeness (QED) is 0.790. The predicted octanol–water partition coefficient (Wildman–Crippen LogP) is 2.39. The number of aromatic nitrogens is 2. The van der Waals surface area contributed by atoms with Gasteiger partial charge < -0.3 is 4.57 Å². The van der Waals surface area contributed by atoms with Crippen molar-refractivity contribution >= 4 is 33.3 Å². The average molecular weight is 303 g/mol. The zero-order valence-corrected chi connectivity index (χ0v) is 11.8. The van der Waals surface area contributed by atoms with Crippen LogP contribution < -0.4 is 10.7 Å². The molecule has 0 atom stereocenters. The largest absolute Gasteiger partial charge is 0.350 e. The highest BCUT2D eigenvalue weighted by Crippen LogP contribution is 2.15. The van der Waals surface area contributed by atoms with Crippen molar-refractivity contribution in [2.45, 2.75) is 0 Å². The molecule has 0 unspecified atom stereocenters. The molecule has 0 saturated carbocycles. The Bertz CT molecular complexity index is 887. The van der Waals surface area contributed by atoms with Gasteiger partial charge in [0.2, 0.25) is 5.43 Å². The Kier molecular flexibility index (Phi) is 3.26. The minimum Gasteiger partial charge on any atom is -0.350 e. The smallest absolute Gasteiger partial charge is 0.262 e. The molecule has 1 aromatic carbocycles. The Labute approximate surface area is 122 Å². The highest BCUT2D eigenvalue weighted by molar-refractivity contribution is 7.13. The SMILES string of the molecule is Cn1cc(C(=O)Nc2nccs2)c(=O)c2cc(F)ccc21. The molecule has 0 aliphatic heterocycles. The Balaban J connectivity index is 2.13. The van der Waals surface area contributed by atoms with Crippen LogP contribution in [0.4, 0.5) is 9.52 Å². The Morgan fingerprint density at radius 2 is 2.24 bits per heavy atom. The number of carbonyl (C=O) groups excluding carboxylic acids is 1. The van der Waals surface area contributed by atoms with Crippen LogP contribution in [0.3, 0.4) is 0 Å². The molecule has 2 heterocycles. The number of carbonyl (C=O) groups is 1. The van der Waals surface area contributed by atoms with Crippen LogP contribution in [0.5, 0.6) is 0 Å². The van der Waals surface area contributed by atoms with E-state index in [-0.39, 0.29) is 10.9 Å². The van der Waals surface area contributed by atoms with Crippen molar-refractivity contribution in [1.29, 1.82) is 0 Å². The van der Waals surface area contributed by atoms with E-state index in [1.165, 1.54) is 29.7 Å². The van der Waals surface area contributed by atoms with Crippen molar-refractivity contribution in [3.05, 3.63) is 57.6 Å². The maximum Gasteiger partial charge on any atom is 0.262 e. The van der Waals surface area contributed by atoms with E-state index in [2.05, 4.69) is 10.3 Å². The Morgan fingerprint density at radius 1 is 1.43 bits per heavy atom. The van der Waals surface area contributed by atoms with Crippen LogP contribution in [-0.4, -0.2) is 15.5 Å². The fraction of sp³-hybridized carbons (Fsp3) is 0.0714. The van der Waals surface area contributed by atoms with Gasteiger partial charge in [-0.3, -0.25) is 14.9 Å². The average Bonchev–Trinajstić information content (AvgIpc) is 2.95. The van der Waals surface area contributed by atoms with Gasteiger partial charge in [0.05, 0.1) is 5.52 Å². The van der Waals surface area contributed by atoms with Gasteiger partial charge in [0.1, 0.15) is 11.4 Å². The van der Waals surface area contributed by atoms with Crippen molar-refractivity contribution in [2.24, 2.45) is 7.05 Å². The number of amides is 1. The maximum atomic E-state index is 13.3. The number of thiazole rings is 1. The summed E-state index contributed by atoms with van der Waals surface area (Å²) in [6.45, 7) is 0. The first kappa shape index (κ1) is 13.4. The molecule has 1 N–H and O–H groups in total. The van der Waals surface area contributed by atoms with Crippen LogP contribution in [0.25, 0.3) is 10.9 Å². The summed E-state index contributed by atoms with van der Waals surface area (Å²) in [6, 6.07) is 3.92. The highest BCUT2D eigenvalue weighted by Gasteiger charge is 2.15. The van der Waals surface area contributed by atoms with Crippen LogP contribution in [0.15, 0.2) is 40.8 Å². The maximum absolute atomic E-state index is 13.3. The fourth-order valence-corrected chi connectivity index (χ4v) is 2.60. The lowest BCUT2D eigenvalue weighted by Crippen LogP contribution is -2.23. The summed E-state index contributed by atoms with van der Waals surface area (Å²) in [6.07, 6.45) is 2.99. The molecular formula is C14H10FN3O2S. The molecule has 0 aliphatic rings. The number of aryl methyl sites for hydroxylation is 1.